The van der Waals surface area contributed by atoms with Crippen LogP contribution in [0.5, 0.6) is 0 Å². The second kappa shape index (κ2) is 10.3. The Hall–Kier alpha value is -6.01. The van der Waals surface area contributed by atoms with Crippen molar-refractivity contribution < 1.29 is 0 Å². The van der Waals surface area contributed by atoms with E-state index in [2.05, 4.69) is 162 Å². The largest absolute Gasteiger partial charge is 0.358 e. The maximum atomic E-state index is 5.81. The number of rotatable bonds is 1. The molecule has 1 aliphatic heterocycles. The van der Waals surface area contributed by atoms with Crippen LogP contribution in [0.3, 0.4) is 0 Å². The van der Waals surface area contributed by atoms with Gasteiger partial charge in [0.15, 0.2) is 5.84 Å². The Balaban J connectivity index is 1.27. The van der Waals surface area contributed by atoms with Gasteiger partial charge in [-0.15, -0.1) is 22.7 Å². The molecule has 0 spiro atoms. The molecule has 1 atom stereocenters. The van der Waals surface area contributed by atoms with Crippen molar-refractivity contribution in [1.29, 1.82) is 0 Å². The number of anilines is 1. The van der Waals surface area contributed by atoms with E-state index in [1.807, 2.05) is 22.7 Å². The standard InChI is InChI=1S/C46H27N3S2/c1-2-14-27-26(13-1)25-35(29-16-4-3-15-28(27)29)45-47-41-34-21-9-12-24-38(34)51-44(41)46(48-45)49-36-22-10-7-19-32(36)39-30-17-5-6-18-31(30)40-33-20-8-11-23-37(33)50-43(40)42(39)49/h1-25,45,47H. The van der Waals surface area contributed by atoms with Crippen molar-refractivity contribution in [1.82, 2.24) is 4.57 Å². The van der Waals surface area contributed by atoms with Crippen LogP contribution in [-0.2, 0) is 0 Å². The number of benzene rings is 8. The summed E-state index contributed by atoms with van der Waals surface area (Å²) in [4.78, 5) is 6.98. The third-order valence-corrected chi connectivity index (χ3v) is 13.1. The molecule has 8 aromatic carbocycles. The summed E-state index contributed by atoms with van der Waals surface area (Å²) in [5, 5.41) is 17.9. The average Bonchev–Trinajstić information content (AvgIpc) is 3.88. The monoisotopic (exact) mass is 685 g/mol. The van der Waals surface area contributed by atoms with Crippen molar-refractivity contribution >= 4 is 119 Å². The normalized spacial score (nSPS) is 14.7. The Kier molecular flexibility index (Phi) is 5.59. The lowest BCUT2D eigenvalue weighted by atomic mass is 9.95. The molecule has 238 valence electrons. The zero-order valence-electron chi connectivity index (χ0n) is 27.2. The highest BCUT2D eigenvalue weighted by atomic mass is 32.1. The van der Waals surface area contributed by atoms with Crippen LogP contribution in [0.15, 0.2) is 157 Å². The van der Waals surface area contributed by atoms with Gasteiger partial charge in [-0.25, -0.2) is 4.99 Å². The van der Waals surface area contributed by atoms with Crippen LogP contribution in [0.1, 0.15) is 16.6 Å². The van der Waals surface area contributed by atoms with Gasteiger partial charge in [0.05, 0.1) is 26.3 Å². The Morgan fingerprint density at radius 3 is 1.90 bits per heavy atom. The highest BCUT2D eigenvalue weighted by Crippen LogP contribution is 2.49. The summed E-state index contributed by atoms with van der Waals surface area (Å²) < 4.78 is 6.36. The Morgan fingerprint density at radius 1 is 0.510 bits per heavy atom. The minimum atomic E-state index is -0.297. The van der Waals surface area contributed by atoms with Gasteiger partial charge >= 0.3 is 0 Å². The minimum Gasteiger partial charge on any atom is -0.358 e. The van der Waals surface area contributed by atoms with Crippen LogP contribution in [0, 0.1) is 0 Å². The Labute approximate surface area is 300 Å². The molecule has 1 N–H and O–H groups in total. The smallest absolute Gasteiger partial charge is 0.155 e. The number of fused-ring (bicyclic) bond motifs is 16. The van der Waals surface area contributed by atoms with Crippen molar-refractivity contribution in [3.63, 3.8) is 0 Å². The number of aromatic nitrogens is 1. The van der Waals surface area contributed by atoms with Gasteiger partial charge in [-0.2, -0.15) is 0 Å². The van der Waals surface area contributed by atoms with E-state index in [4.69, 9.17) is 4.99 Å². The molecule has 51 heavy (non-hydrogen) atoms. The van der Waals surface area contributed by atoms with Crippen molar-refractivity contribution in [2.24, 2.45) is 4.99 Å². The molecule has 11 aromatic rings. The zero-order chi connectivity index (χ0) is 33.2. The first kappa shape index (κ1) is 27.8. The molecule has 0 aliphatic carbocycles. The third kappa shape index (κ3) is 3.74. The highest BCUT2D eigenvalue weighted by Gasteiger charge is 2.31. The van der Waals surface area contributed by atoms with Crippen molar-refractivity contribution in [3.8, 4) is 0 Å². The number of hydrogen-bond acceptors (Lipinski definition) is 4. The first-order chi connectivity index (χ1) is 25.3. The molecule has 0 amide bonds. The maximum absolute atomic E-state index is 5.81. The average molecular weight is 686 g/mol. The van der Waals surface area contributed by atoms with Gasteiger partial charge in [0, 0.05) is 41.9 Å². The van der Waals surface area contributed by atoms with Crippen LogP contribution in [0.2, 0.25) is 0 Å². The third-order valence-electron chi connectivity index (χ3n) is 10.8. The summed E-state index contributed by atoms with van der Waals surface area (Å²) in [5.41, 5.74) is 4.74. The zero-order valence-corrected chi connectivity index (χ0v) is 28.9. The van der Waals surface area contributed by atoms with E-state index >= 15 is 0 Å². The van der Waals surface area contributed by atoms with E-state index in [0.29, 0.717) is 0 Å². The fraction of sp³-hybridized carbons (Fsp3) is 0.0217. The van der Waals surface area contributed by atoms with Gasteiger partial charge in [0.1, 0.15) is 6.17 Å². The van der Waals surface area contributed by atoms with Gasteiger partial charge in [0.25, 0.3) is 0 Å². The lowest BCUT2D eigenvalue weighted by Gasteiger charge is -2.26. The van der Waals surface area contributed by atoms with Crippen LogP contribution < -0.4 is 5.32 Å². The minimum absolute atomic E-state index is 0.297. The first-order valence-electron chi connectivity index (χ1n) is 17.3. The van der Waals surface area contributed by atoms with Gasteiger partial charge in [-0.3, -0.25) is 4.57 Å². The van der Waals surface area contributed by atoms with Gasteiger partial charge in [-0.05, 0) is 56.6 Å². The van der Waals surface area contributed by atoms with E-state index in [1.165, 1.54) is 94.8 Å². The van der Waals surface area contributed by atoms with Gasteiger partial charge < -0.3 is 5.32 Å². The molecule has 12 rings (SSSR count). The Morgan fingerprint density at radius 2 is 1.10 bits per heavy atom. The fourth-order valence-electron chi connectivity index (χ4n) is 8.66. The van der Waals surface area contributed by atoms with Crippen LogP contribution in [-0.4, -0.2) is 10.4 Å². The summed E-state index contributed by atoms with van der Waals surface area (Å²) in [6.45, 7) is 0. The summed E-state index contributed by atoms with van der Waals surface area (Å²) in [5.74, 6) is 0.993. The number of para-hydroxylation sites is 1. The second-order valence-corrected chi connectivity index (χ2v) is 15.6. The lowest BCUT2D eigenvalue weighted by molar-refractivity contribution is 0.832. The van der Waals surface area contributed by atoms with Crippen molar-refractivity contribution in [3.05, 3.63) is 162 Å². The van der Waals surface area contributed by atoms with E-state index in [0.717, 1.165) is 11.5 Å². The van der Waals surface area contributed by atoms with Crippen LogP contribution in [0.4, 0.5) is 5.69 Å². The number of hydrogen-bond donors (Lipinski definition) is 1. The summed E-state index contributed by atoms with van der Waals surface area (Å²) >= 11 is 3.73. The molecule has 0 saturated heterocycles. The number of nitrogens with one attached hydrogen (secondary N) is 1. The number of nitrogens with zero attached hydrogens (tertiary/aromatic N) is 2. The summed E-state index contributed by atoms with van der Waals surface area (Å²) in [6, 6.07) is 55.4. The quantitative estimate of drug-likeness (QED) is 0.171. The van der Waals surface area contributed by atoms with Gasteiger partial charge in [0.2, 0.25) is 0 Å². The molecule has 0 saturated carbocycles. The fourth-order valence-corrected chi connectivity index (χ4v) is 11.1. The molecule has 1 aliphatic rings. The van der Waals surface area contributed by atoms with Crippen molar-refractivity contribution in [2.75, 3.05) is 5.32 Å². The molecule has 0 bridgehead atoms. The molecule has 0 fully saturated rings. The number of aliphatic imine (C=N–C) groups is 1. The topological polar surface area (TPSA) is 29.3 Å². The van der Waals surface area contributed by atoms with Crippen LogP contribution in [0.25, 0.3) is 84.4 Å². The molecular weight excluding hydrogens is 659 g/mol. The highest BCUT2D eigenvalue weighted by molar-refractivity contribution is 7.27. The lowest BCUT2D eigenvalue weighted by Crippen LogP contribution is -2.23. The van der Waals surface area contributed by atoms with E-state index < -0.39 is 0 Å². The maximum Gasteiger partial charge on any atom is 0.155 e. The van der Waals surface area contributed by atoms with E-state index in [-0.39, 0.29) is 6.17 Å². The van der Waals surface area contributed by atoms with Gasteiger partial charge in [-0.1, -0.05) is 127 Å². The molecule has 0 radical (unpaired) electrons. The second-order valence-electron chi connectivity index (χ2n) is 13.5. The summed E-state index contributed by atoms with van der Waals surface area (Å²) in [7, 11) is 0. The number of thiophene rings is 2. The first-order valence-corrected chi connectivity index (χ1v) is 19.0. The molecule has 1 unspecified atom stereocenters. The molecule has 3 nitrogen and oxygen atoms in total. The molecule has 5 heteroatoms. The summed E-state index contributed by atoms with van der Waals surface area (Å²) in [6.07, 6.45) is -0.297. The van der Waals surface area contributed by atoms with E-state index in [9.17, 15) is 0 Å². The molecule has 4 heterocycles. The molecular formula is C46H27N3S2. The van der Waals surface area contributed by atoms with Crippen molar-refractivity contribution in [2.45, 2.75) is 6.17 Å². The predicted octanol–water partition coefficient (Wildman–Crippen LogP) is 13.3. The SMILES string of the molecule is c1ccc2c(c1)cc(C1N=C(n3c4ccccc4c4c5ccccc5c5c6ccccc6sc5c43)c3sc4ccccc4c3N1)c1ccccc12. The van der Waals surface area contributed by atoms with E-state index in [1.54, 1.807) is 0 Å². The van der Waals surface area contributed by atoms with Crippen LogP contribution >= 0.6 is 22.7 Å². The Bertz CT molecular complexity index is 3300. The molecule has 3 aromatic heterocycles. The predicted molar refractivity (Wildman–Crippen MR) is 221 cm³/mol.